The first-order chi connectivity index (χ1) is 18.6. The molecular weight excluding hydrogens is 474 g/mol. The number of rotatable bonds is 8. The normalized spacial score (nSPS) is 16.4. The summed E-state index contributed by atoms with van der Waals surface area (Å²) in [6.07, 6.45) is 5.21. The molecule has 0 radical (unpaired) electrons. The summed E-state index contributed by atoms with van der Waals surface area (Å²) in [6.45, 7) is 4.11. The molecule has 1 fully saturated rings. The van der Waals surface area contributed by atoms with Crippen LogP contribution in [0.25, 0.3) is 5.57 Å². The highest BCUT2D eigenvalue weighted by molar-refractivity contribution is 6.24. The largest absolute Gasteiger partial charge is 0.494 e. The van der Waals surface area contributed by atoms with Crippen LogP contribution >= 0.6 is 0 Å². The Bertz CT molecular complexity index is 1330. The van der Waals surface area contributed by atoms with Gasteiger partial charge in [0, 0.05) is 68.2 Å². The van der Waals surface area contributed by atoms with Crippen molar-refractivity contribution in [2.45, 2.75) is 25.7 Å². The van der Waals surface area contributed by atoms with Gasteiger partial charge in [-0.05, 0) is 56.0 Å². The third-order valence-electron chi connectivity index (χ3n) is 7.44. The number of fused-ring (bicyclic) bond motifs is 1. The van der Waals surface area contributed by atoms with Gasteiger partial charge in [0.05, 0.1) is 18.5 Å². The molecule has 2 aliphatic rings. The first-order valence-electron chi connectivity index (χ1n) is 13.3. The summed E-state index contributed by atoms with van der Waals surface area (Å²) in [5, 5.41) is 3.38. The van der Waals surface area contributed by atoms with Gasteiger partial charge in [-0.2, -0.15) is 0 Å². The van der Waals surface area contributed by atoms with E-state index in [1.807, 2.05) is 25.4 Å². The van der Waals surface area contributed by atoms with Gasteiger partial charge in [0.25, 0.3) is 0 Å². The van der Waals surface area contributed by atoms with Crippen molar-refractivity contribution in [3.05, 3.63) is 77.2 Å². The minimum Gasteiger partial charge on any atom is -0.494 e. The van der Waals surface area contributed by atoms with E-state index in [2.05, 4.69) is 68.5 Å². The molecule has 5 rings (SSSR count). The number of methoxy groups -OCH3 is 1. The van der Waals surface area contributed by atoms with Gasteiger partial charge in [0.2, 0.25) is 5.95 Å². The lowest BCUT2D eigenvalue weighted by Crippen LogP contribution is -2.44. The lowest BCUT2D eigenvalue weighted by atomic mass is 9.89. The van der Waals surface area contributed by atoms with Crippen molar-refractivity contribution < 1.29 is 4.74 Å². The summed E-state index contributed by atoms with van der Waals surface area (Å²) in [4.78, 5) is 19.0. The Hall–Kier alpha value is -3.91. The summed E-state index contributed by atoms with van der Waals surface area (Å²) < 4.78 is 5.75. The first kappa shape index (κ1) is 25.7. The van der Waals surface area contributed by atoms with E-state index < -0.39 is 0 Å². The number of likely N-dealkylation sites (N-methyl/N-ethyl adjacent to an activating group) is 1. The highest BCUT2D eigenvalue weighted by Gasteiger charge is 2.24. The molecule has 2 heterocycles. The number of anilines is 3. The first-order valence-corrected chi connectivity index (χ1v) is 13.3. The number of allylic oxidation sites excluding steroid dienone is 2. The van der Waals surface area contributed by atoms with Gasteiger partial charge in [-0.3, -0.25) is 4.99 Å². The standard InChI is InChI=1S/C30H37N7O/c1-32-26(13-9-21-7-5-4-6-8-21)28-24(31)12-10-22-20-33-30(35-29(22)28)34-25-14-11-23(19-27(25)38-3)37-17-15-36(2)16-18-37/h4-8,11,14,19-20H,9-10,12-13,15-18,31H2,1-3H3,(H,33,34,35). The van der Waals surface area contributed by atoms with E-state index in [1.165, 1.54) is 5.56 Å². The highest BCUT2D eigenvalue weighted by atomic mass is 16.5. The summed E-state index contributed by atoms with van der Waals surface area (Å²) in [5.41, 5.74) is 14.6. The smallest absolute Gasteiger partial charge is 0.227 e. The monoisotopic (exact) mass is 511 g/mol. The van der Waals surface area contributed by atoms with Gasteiger partial charge >= 0.3 is 0 Å². The molecule has 0 spiro atoms. The van der Waals surface area contributed by atoms with Gasteiger partial charge in [-0.15, -0.1) is 0 Å². The van der Waals surface area contributed by atoms with Crippen LogP contribution < -0.4 is 20.7 Å². The SMILES string of the molecule is CN=C(CCc1ccccc1)C1=C(N)CCc2cnc(Nc3ccc(N4CCN(C)CC4)cc3OC)nc21. The molecule has 198 valence electrons. The fraction of sp³-hybridized carbons (Fsp3) is 0.367. The second-order valence-corrected chi connectivity index (χ2v) is 9.92. The highest BCUT2D eigenvalue weighted by Crippen LogP contribution is 2.34. The minimum atomic E-state index is 0.514. The van der Waals surface area contributed by atoms with E-state index in [4.69, 9.17) is 15.5 Å². The van der Waals surface area contributed by atoms with E-state index in [-0.39, 0.29) is 0 Å². The third-order valence-corrected chi connectivity index (χ3v) is 7.44. The topological polar surface area (TPSA) is 91.9 Å². The predicted octanol–water partition coefficient (Wildman–Crippen LogP) is 4.30. The number of aryl methyl sites for hydroxylation is 2. The molecule has 0 unspecified atom stereocenters. The molecule has 3 N–H and O–H groups in total. The van der Waals surface area contributed by atoms with E-state index in [0.29, 0.717) is 5.95 Å². The second-order valence-electron chi connectivity index (χ2n) is 9.92. The molecule has 38 heavy (non-hydrogen) atoms. The Morgan fingerprint density at radius 1 is 1.08 bits per heavy atom. The molecule has 3 aromatic rings. The number of nitrogens with two attached hydrogens (primary N) is 1. The summed E-state index contributed by atoms with van der Waals surface area (Å²) in [5.74, 6) is 1.27. The van der Waals surface area contributed by atoms with Gasteiger partial charge in [0.15, 0.2) is 0 Å². The number of aliphatic imine (C=N–C) groups is 1. The Balaban J connectivity index is 1.38. The van der Waals surface area contributed by atoms with E-state index in [1.54, 1.807) is 7.11 Å². The fourth-order valence-corrected chi connectivity index (χ4v) is 5.16. The third kappa shape index (κ3) is 5.65. The predicted molar refractivity (Wildman–Crippen MR) is 156 cm³/mol. The number of benzene rings is 2. The Morgan fingerprint density at radius 2 is 1.87 bits per heavy atom. The number of hydrogen-bond donors (Lipinski definition) is 2. The Morgan fingerprint density at radius 3 is 2.61 bits per heavy atom. The van der Waals surface area contributed by atoms with Crippen LogP contribution in [0.1, 0.15) is 29.7 Å². The van der Waals surface area contributed by atoms with Crippen LogP contribution in [-0.4, -0.2) is 68.0 Å². The van der Waals surface area contributed by atoms with Crippen LogP contribution in [0.15, 0.2) is 65.4 Å². The molecule has 0 atom stereocenters. The molecule has 0 amide bonds. The van der Waals surface area contributed by atoms with Crippen molar-refractivity contribution in [3.63, 3.8) is 0 Å². The van der Waals surface area contributed by atoms with Crippen LogP contribution in [-0.2, 0) is 12.8 Å². The lowest BCUT2D eigenvalue weighted by molar-refractivity contribution is 0.312. The van der Waals surface area contributed by atoms with Crippen molar-refractivity contribution in [2.24, 2.45) is 10.7 Å². The second kappa shape index (κ2) is 11.6. The Kier molecular flexibility index (Phi) is 7.89. The number of ether oxygens (including phenoxy) is 1. The molecule has 8 heteroatoms. The van der Waals surface area contributed by atoms with Gasteiger partial charge in [0.1, 0.15) is 5.75 Å². The number of nitrogens with zero attached hydrogens (tertiary/aromatic N) is 5. The van der Waals surface area contributed by atoms with E-state index in [9.17, 15) is 0 Å². The van der Waals surface area contributed by atoms with Crippen LogP contribution in [0.5, 0.6) is 5.75 Å². The molecule has 2 aromatic carbocycles. The van der Waals surface area contributed by atoms with Crippen LogP contribution in [0, 0.1) is 0 Å². The fourth-order valence-electron chi connectivity index (χ4n) is 5.16. The molecule has 1 saturated heterocycles. The Labute approximate surface area is 225 Å². The molecule has 1 aromatic heterocycles. The van der Waals surface area contributed by atoms with Gasteiger partial charge in [-0.1, -0.05) is 30.3 Å². The van der Waals surface area contributed by atoms with Gasteiger partial charge in [-0.25, -0.2) is 9.97 Å². The molecule has 0 saturated carbocycles. The van der Waals surface area contributed by atoms with Crippen molar-refractivity contribution in [1.29, 1.82) is 0 Å². The van der Waals surface area contributed by atoms with Crippen molar-refractivity contribution in [2.75, 3.05) is 57.6 Å². The maximum atomic E-state index is 6.57. The number of nitrogens with one attached hydrogen (secondary N) is 1. The number of hydrogen-bond acceptors (Lipinski definition) is 8. The number of piperazine rings is 1. The molecular formula is C30H37N7O. The zero-order valence-electron chi connectivity index (χ0n) is 22.6. The molecule has 1 aliphatic heterocycles. The van der Waals surface area contributed by atoms with E-state index >= 15 is 0 Å². The average molecular weight is 512 g/mol. The summed E-state index contributed by atoms with van der Waals surface area (Å²) >= 11 is 0. The molecule has 8 nitrogen and oxygen atoms in total. The molecule has 0 bridgehead atoms. The minimum absolute atomic E-state index is 0.514. The maximum Gasteiger partial charge on any atom is 0.227 e. The average Bonchev–Trinajstić information content (AvgIpc) is 2.95. The van der Waals surface area contributed by atoms with Gasteiger partial charge < -0.3 is 25.6 Å². The maximum absolute atomic E-state index is 6.57. The van der Waals surface area contributed by atoms with Crippen LogP contribution in [0.4, 0.5) is 17.3 Å². The zero-order valence-corrected chi connectivity index (χ0v) is 22.6. The van der Waals surface area contributed by atoms with Crippen LogP contribution in [0.2, 0.25) is 0 Å². The molecule has 1 aliphatic carbocycles. The van der Waals surface area contributed by atoms with Crippen molar-refractivity contribution in [3.8, 4) is 5.75 Å². The van der Waals surface area contributed by atoms with Crippen LogP contribution in [0.3, 0.4) is 0 Å². The number of aromatic nitrogens is 2. The zero-order chi connectivity index (χ0) is 26.5. The summed E-state index contributed by atoms with van der Waals surface area (Å²) in [6, 6.07) is 16.7. The summed E-state index contributed by atoms with van der Waals surface area (Å²) in [7, 11) is 5.69. The quantitative estimate of drug-likeness (QED) is 0.436. The lowest BCUT2D eigenvalue weighted by Gasteiger charge is -2.34. The van der Waals surface area contributed by atoms with E-state index in [0.717, 1.165) is 97.2 Å². The van der Waals surface area contributed by atoms with Crippen molar-refractivity contribution in [1.82, 2.24) is 14.9 Å². The van der Waals surface area contributed by atoms with Crippen molar-refractivity contribution >= 4 is 28.6 Å².